The molecule has 0 unspecified atom stereocenters. The molecular weight excluding hydrogens is 361 g/mol. The van der Waals surface area contributed by atoms with Crippen LogP contribution in [0.15, 0.2) is 42.5 Å². The Morgan fingerprint density at radius 3 is 2.52 bits per heavy atom. The van der Waals surface area contributed by atoms with Gasteiger partial charge in [0.1, 0.15) is 10.8 Å². The van der Waals surface area contributed by atoms with E-state index < -0.39 is 0 Å². The van der Waals surface area contributed by atoms with Gasteiger partial charge in [-0.25, -0.2) is 14.4 Å². The summed E-state index contributed by atoms with van der Waals surface area (Å²) in [5.74, 6) is -0.101. The smallest absolute Gasteiger partial charge is 0.146 e. The number of aryl methyl sites for hydroxylation is 1. The van der Waals surface area contributed by atoms with Crippen LogP contribution in [0.3, 0.4) is 0 Å². The van der Waals surface area contributed by atoms with Crippen LogP contribution in [0.2, 0.25) is 0 Å². The highest BCUT2D eigenvalue weighted by atomic mass is 32.1. The predicted octanol–water partition coefficient (Wildman–Crippen LogP) is 4.43. The van der Waals surface area contributed by atoms with Gasteiger partial charge in [-0.2, -0.15) is 0 Å². The first-order valence-corrected chi connectivity index (χ1v) is 9.84. The van der Waals surface area contributed by atoms with Gasteiger partial charge in [-0.05, 0) is 25.0 Å². The third-order valence-electron chi connectivity index (χ3n) is 4.50. The van der Waals surface area contributed by atoms with Crippen molar-refractivity contribution in [1.29, 1.82) is 0 Å². The number of halogens is 1. The highest BCUT2D eigenvalue weighted by Gasteiger charge is 2.16. The number of nitrogens with one attached hydrogen (secondary N) is 1. The molecule has 0 amide bonds. The van der Waals surface area contributed by atoms with E-state index in [2.05, 4.69) is 15.3 Å². The second kappa shape index (κ2) is 8.69. The first-order valence-electron chi connectivity index (χ1n) is 9.02. The Kier molecular flexibility index (Phi) is 6.31. The average Bonchev–Trinajstić information content (AvgIpc) is 3.06. The van der Waals surface area contributed by atoms with E-state index in [1.54, 1.807) is 17.4 Å². The molecule has 1 atom stereocenters. The number of hydrogen-bond donors (Lipinski definition) is 2. The maximum atomic E-state index is 14.2. The first-order chi connectivity index (χ1) is 13.0. The Morgan fingerprint density at radius 1 is 1.11 bits per heavy atom. The zero-order chi connectivity index (χ0) is 19.4. The number of aliphatic hydroxyl groups is 1. The van der Waals surface area contributed by atoms with Gasteiger partial charge in [0.2, 0.25) is 0 Å². The van der Waals surface area contributed by atoms with Gasteiger partial charge in [0.15, 0.2) is 0 Å². The standard InChI is InChI=1S/C21H24FN3OS/c1-13(2)19(12-26)23-11-18-16(22)9-10-17(25-18)20-14(3)24-21(27-20)15-7-5-4-6-8-15/h4-10,13,19,23,26H,11-12H2,1-3H3/t19-/m0/s1. The minimum Gasteiger partial charge on any atom is -0.395 e. The SMILES string of the molecule is Cc1nc(-c2ccccc2)sc1-c1ccc(F)c(CN[C@@H](CO)C(C)C)n1. The molecule has 0 bridgehead atoms. The van der Waals surface area contributed by atoms with Gasteiger partial charge in [0.05, 0.1) is 28.6 Å². The van der Waals surface area contributed by atoms with Crippen molar-refractivity contribution in [2.24, 2.45) is 5.92 Å². The lowest BCUT2D eigenvalue weighted by Crippen LogP contribution is -2.36. The zero-order valence-electron chi connectivity index (χ0n) is 15.7. The lowest BCUT2D eigenvalue weighted by Gasteiger charge is -2.19. The third kappa shape index (κ3) is 4.58. The van der Waals surface area contributed by atoms with Crippen LogP contribution in [-0.4, -0.2) is 27.7 Å². The van der Waals surface area contributed by atoms with E-state index in [0.29, 0.717) is 5.69 Å². The van der Waals surface area contributed by atoms with Crippen molar-refractivity contribution in [3.8, 4) is 21.1 Å². The molecule has 27 heavy (non-hydrogen) atoms. The monoisotopic (exact) mass is 385 g/mol. The summed E-state index contributed by atoms with van der Waals surface area (Å²) in [6.07, 6.45) is 0. The number of aromatic nitrogens is 2. The molecule has 2 N–H and O–H groups in total. The molecule has 142 valence electrons. The van der Waals surface area contributed by atoms with Crippen molar-refractivity contribution >= 4 is 11.3 Å². The Hall–Kier alpha value is -2.15. The summed E-state index contributed by atoms with van der Waals surface area (Å²) in [5, 5.41) is 13.6. The third-order valence-corrected chi connectivity index (χ3v) is 5.73. The Balaban J connectivity index is 1.87. The highest BCUT2D eigenvalue weighted by molar-refractivity contribution is 7.18. The summed E-state index contributed by atoms with van der Waals surface area (Å²) in [5.41, 5.74) is 3.01. The molecule has 3 rings (SSSR count). The lowest BCUT2D eigenvalue weighted by molar-refractivity contribution is 0.209. The van der Waals surface area contributed by atoms with Gasteiger partial charge < -0.3 is 10.4 Å². The minimum atomic E-state index is -0.350. The molecular formula is C21H24FN3OS. The highest BCUT2D eigenvalue weighted by Crippen LogP contribution is 2.34. The second-order valence-corrected chi connectivity index (χ2v) is 7.84. The maximum absolute atomic E-state index is 14.2. The van der Waals surface area contributed by atoms with Gasteiger partial charge in [0, 0.05) is 18.2 Å². The first kappa shape index (κ1) is 19.6. The number of nitrogens with zero attached hydrogens (tertiary/aromatic N) is 2. The molecule has 0 saturated heterocycles. The molecule has 0 spiro atoms. The van der Waals surface area contributed by atoms with E-state index in [-0.39, 0.29) is 30.9 Å². The van der Waals surface area contributed by atoms with Crippen molar-refractivity contribution in [2.45, 2.75) is 33.4 Å². The van der Waals surface area contributed by atoms with Crippen LogP contribution in [0.25, 0.3) is 21.1 Å². The Bertz CT molecular complexity index is 896. The van der Waals surface area contributed by atoms with E-state index >= 15 is 0 Å². The fraction of sp³-hybridized carbons (Fsp3) is 0.333. The van der Waals surface area contributed by atoms with Crippen LogP contribution in [-0.2, 0) is 6.54 Å². The van der Waals surface area contributed by atoms with E-state index in [0.717, 1.165) is 26.8 Å². The molecule has 0 radical (unpaired) electrons. The summed E-state index contributed by atoms with van der Waals surface area (Å²) in [7, 11) is 0. The molecule has 2 heterocycles. The number of aliphatic hydroxyl groups excluding tert-OH is 1. The molecule has 1 aromatic carbocycles. The predicted molar refractivity (Wildman–Crippen MR) is 108 cm³/mol. The summed E-state index contributed by atoms with van der Waals surface area (Å²) >= 11 is 1.56. The van der Waals surface area contributed by atoms with Gasteiger partial charge in [-0.3, -0.25) is 0 Å². The molecule has 6 heteroatoms. The zero-order valence-corrected chi connectivity index (χ0v) is 16.6. The van der Waals surface area contributed by atoms with Crippen LogP contribution in [0.4, 0.5) is 4.39 Å². The quantitative estimate of drug-likeness (QED) is 0.632. The van der Waals surface area contributed by atoms with Crippen LogP contribution in [0, 0.1) is 18.7 Å². The summed E-state index contributed by atoms with van der Waals surface area (Å²) in [6, 6.07) is 13.0. The molecule has 2 aromatic heterocycles. The summed E-state index contributed by atoms with van der Waals surface area (Å²) in [6.45, 7) is 6.25. The summed E-state index contributed by atoms with van der Waals surface area (Å²) < 4.78 is 14.2. The fourth-order valence-electron chi connectivity index (χ4n) is 2.81. The van der Waals surface area contributed by atoms with E-state index in [1.807, 2.05) is 51.1 Å². The van der Waals surface area contributed by atoms with E-state index in [4.69, 9.17) is 0 Å². The van der Waals surface area contributed by atoms with Crippen molar-refractivity contribution in [2.75, 3.05) is 6.61 Å². The molecule has 0 saturated carbocycles. The van der Waals surface area contributed by atoms with Gasteiger partial charge in [-0.1, -0.05) is 44.2 Å². The molecule has 0 fully saturated rings. The van der Waals surface area contributed by atoms with Crippen LogP contribution in [0.1, 0.15) is 25.2 Å². The van der Waals surface area contributed by atoms with Crippen molar-refractivity contribution < 1.29 is 9.50 Å². The lowest BCUT2D eigenvalue weighted by atomic mass is 10.1. The number of hydrogen-bond acceptors (Lipinski definition) is 5. The molecule has 0 aliphatic heterocycles. The van der Waals surface area contributed by atoms with Gasteiger partial charge >= 0.3 is 0 Å². The normalized spacial score (nSPS) is 12.5. The van der Waals surface area contributed by atoms with Gasteiger partial charge in [0.25, 0.3) is 0 Å². The minimum absolute atomic E-state index is 0.00731. The summed E-state index contributed by atoms with van der Waals surface area (Å²) in [4.78, 5) is 10.1. The van der Waals surface area contributed by atoms with Gasteiger partial charge in [-0.15, -0.1) is 11.3 Å². The van der Waals surface area contributed by atoms with Crippen molar-refractivity contribution in [3.05, 3.63) is 59.7 Å². The molecule has 3 aromatic rings. The maximum Gasteiger partial charge on any atom is 0.146 e. The molecule has 4 nitrogen and oxygen atoms in total. The van der Waals surface area contributed by atoms with Crippen LogP contribution >= 0.6 is 11.3 Å². The number of pyridine rings is 1. The van der Waals surface area contributed by atoms with E-state index in [1.165, 1.54) is 6.07 Å². The second-order valence-electron chi connectivity index (χ2n) is 6.84. The van der Waals surface area contributed by atoms with Crippen LogP contribution < -0.4 is 5.32 Å². The van der Waals surface area contributed by atoms with Crippen molar-refractivity contribution in [3.63, 3.8) is 0 Å². The van der Waals surface area contributed by atoms with Crippen LogP contribution in [0.5, 0.6) is 0 Å². The number of thiazole rings is 1. The fourth-order valence-corrected chi connectivity index (χ4v) is 3.85. The van der Waals surface area contributed by atoms with E-state index in [9.17, 15) is 9.50 Å². The largest absolute Gasteiger partial charge is 0.395 e. The topological polar surface area (TPSA) is 58.0 Å². The van der Waals surface area contributed by atoms with Crippen molar-refractivity contribution in [1.82, 2.24) is 15.3 Å². The number of rotatable bonds is 7. The Labute approximate surface area is 163 Å². The average molecular weight is 386 g/mol. The molecule has 0 aliphatic carbocycles. The number of benzene rings is 1. The molecule has 0 aliphatic rings. The Morgan fingerprint density at radius 2 is 1.85 bits per heavy atom.